The number of nitrogens with two attached hydrogens (primary N) is 1. The van der Waals surface area contributed by atoms with E-state index in [2.05, 4.69) is 5.32 Å². The third-order valence-electron chi connectivity index (χ3n) is 3.21. The average Bonchev–Trinajstić information content (AvgIpc) is 2.54. The molecule has 0 saturated heterocycles. The highest BCUT2D eigenvalue weighted by atomic mass is 16.2. The Kier molecular flexibility index (Phi) is 5.08. The molecule has 0 aliphatic rings. The largest absolute Gasteiger partial charge is 0.325 e. The third-order valence-corrected chi connectivity index (χ3v) is 3.21. The molecular formula is C17H17N3O. The molecule has 0 heterocycles. The van der Waals surface area contributed by atoms with E-state index in [1.54, 1.807) is 24.3 Å². The van der Waals surface area contributed by atoms with Gasteiger partial charge in [-0.15, -0.1) is 0 Å². The van der Waals surface area contributed by atoms with Crippen LogP contribution < -0.4 is 11.1 Å². The summed E-state index contributed by atoms with van der Waals surface area (Å²) in [5, 5.41) is 11.5. The molecule has 0 aliphatic heterocycles. The number of nitrogens with zero attached hydrogens (tertiary/aromatic N) is 1. The molecule has 0 aliphatic carbocycles. The fourth-order valence-corrected chi connectivity index (χ4v) is 1.96. The van der Waals surface area contributed by atoms with E-state index >= 15 is 0 Å². The van der Waals surface area contributed by atoms with Gasteiger partial charge in [-0.1, -0.05) is 30.3 Å². The first-order valence-electron chi connectivity index (χ1n) is 6.79. The van der Waals surface area contributed by atoms with Crippen molar-refractivity contribution in [3.05, 3.63) is 65.7 Å². The summed E-state index contributed by atoms with van der Waals surface area (Å²) in [5.74, 6) is -0.212. The molecule has 1 atom stereocenters. The number of aryl methyl sites for hydroxylation is 1. The molecule has 21 heavy (non-hydrogen) atoms. The van der Waals surface area contributed by atoms with E-state index < -0.39 is 6.04 Å². The predicted molar refractivity (Wildman–Crippen MR) is 82.5 cm³/mol. The van der Waals surface area contributed by atoms with Gasteiger partial charge in [-0.3, -0.25) is 4.79 Å². The van der Waals surface area contributed by atoms with Crippen LogP contribution in [0.15, 0.2) is 54.6 Å². The van der Waals surface area contributed by atoms with Crippen molar-refractivity contribution in [3.63, 3.8) is 0 Å². The van der Waals surface area contributed by atoms with Gasteiger partial charge < -0.3 is 11.1 Å². The van der Waals surface area contributed by atoms with E-state index in [4.69, 9.17) is 11.0 Å². The number of hydrogen-bond acceptors (Lipinski definition) is 3. The average molecular weight is 279 g/mol. The number of amides is 1. The summed E-state index contributed by atoms with van der Waals surface area (Å²) in [6.07, 6.45) is 1.36. The number of carbonyl (C=O) groups excluding carboxylic acids is 1. The van der Waals surface area contributed by atoms with E-state index in [1.165, 1.54) is 5.56 Å². The zero-order valence-electron chi connectivity index (χ0n) is 11.6. The normalized spacial score (nSPS) is 11.4. The Hall–Kier alpha value is -2.64. The van der Waals surface area contributed by atoms with Crippen LogP contribution in [0.3, 0.4) is 0 Å². The van der Waals surface area contributed by atoms with Crippen molar-refractivity contribution >= 4 is 11.6 Å². The summed E-state index contributed by atoms with van der Waals surface area (Å²) in [4.78, 5) is 12.0. The maximum absolute atomic E-state index is 12.0. The second kappa shape index (κ2) is 7.22. The first-order chi connectivity index (χ1) is 10.2. The van der Waals surface area contributed by atoms with Gasteiger partial charge in [0.1, 0.15) is 0 Å². The van der Waals surface area contributed by atoms with Crippen LogP contribution in [0.1, 0.15) is 17.5 Å². The Morgan fingerprint density at radius 2 is 1.81 bits per heavy atom. The number of carbonyl (C=O) groups is 1. The number of benzene rings is 2. The third kappa shape index (κ3) is 4.44. The molecule has 2 aromatic rings. The van der Waals surface area contributed by atoms with Gasteiger partial charge in [0.2, 0.25) is 5.91 Å². The minimum absolute atomic E-state index is 0.212. The van der Waals surface area contributed by atoms with Gasteiger partial charge >= 0.3 is 0 Å². The molecule has 1 amide bonds. The van der Waals surface area contributed by atoms with Gasteiger partial charge in [-0.25, -0.2) is 0 Å². The van der Waals surface area contributed by atoms with Crippen LogP contribution in [0.25, 0.3) is 0 Å². The van der Waals surface area contributed by atoms with E-state index in [0.29, 0.717) is 17.7 Å². The predicted octanol–water partition coefficient (Wildman–Crippen LogP) is 2.46. The zero-order chi connectivity index (χ0) is 15.1. The van der Waals surface area contributed by atoms with Crippen molar-refractivity contribution in [2.45, 2.75) is 18.9 Å². The van der Waals surface area contributed by atoms with Gasteiger partial charge in [0.25, 0.3) is 0 Å². The topological polar surface area (TPSA) is 78.9 Å². The minimum Gasteiger partial charge on any atom is -0.325 e. The molecule has 4 heteroatoms. The van der Waals surface area contributed by atoms with Crippen LogP contribution >= 0.6 is 0 Å². The standard InChI is InChI=1S/C17H17N3O/c18-12-14-6-9-15(10-7-14)20-17(21)16(19)11-8-13-4-2-1-3-5-13/h1-7,9-10,16H,8,11,19H2,(H,20,21)/t16-/m0/s1. The molecule has 0 radical (unpaired) electrons. The van der Waals surface area contributed by atoms with Crippen molar-refractivity contribution < 1.29 is 4.79 Å². The summed E-state index contributed by atoms with van der Waals surface area (Å²) in [6, 6.07) is 18.1. The lowest BCUT2D eigenvalue weighted by molar-refractivity contribution is -0.117. The minimum atomic E-state index is -0.555. The Labute approximate surface area is 124 Å². The lowest BCUT2D eigenvalue weighted by Crippen LogP contribution is -2.36. The van der Waals surface area contributed by atoms with Crippen molar-refractivity contribution in [2.24, 2.45) is 5.73 Å². The number of nitriles is 1. The smallest absolute Gasteiger partial charge is 0.241 e. The monoisotopic (exact) mass is 279 g/mol. The fourth-order valence-electron chi connectivity index (χ4n) is 1.96. The maximum Gasteiger partial charge on any atom is 0.241 e. The van der Waals surface area contributed by atoms with E-state index in [-0.39, 0.29) is 5.91 Å². The lowest BCUT2D eigenvalue weighted by Gasteiger charge is -2.12. The van der Waals surface area contributed by atoms with Crippen molar-refractivity contribution in [2.75, 3.05) is 5.32 Å². The molecule has 2 rings (SSSR count). The molecule has 2 aromatic carbocycles. The first-order valence-corrected chi connectivity index (χ1v) is 6.79. The van der Waals surface area contributed by atoms with E-state index in [0.717, 1.165) is 6.42 Å². The van der Waals surface area contributed by atoms with Gasteiger partial charge in [-0.2, -0.15) is 5.26 Å². The summed E-state index contributed by atoms with van der Waals surface area (Å²) < 4.78 is 0. The van der Waals surface area contributed by atoms with Crippen molar-refractivity contribution in [1.82, 2.24) is 0 Å². The van der Waals surface area contributed by atoms with Gasteiger partial charge in [0, 0.05) is 5.69 Å². The molecule has 4 nitrogen and oxygen atoms in total. The Bertz CT molecular complexity index is 629. The molecule has 3 N–H and O–H groups in total. The Balaban J connectivity index is 1.86. The van der Waals surface area contributed by atoms with Crippen LogP contribution in [0.5, 0.6) is 0 Å². The molecule has 0 unspecified atom stereocenters. The maximum atomic E-state index is 12.0. The van der Waals surface area contributed by atoms with Crippen LogP contribution in [0, 0.1) is 11.3 Å². The quantitative estimate of drug-likeness (QED) is 0.882. The molecule has 0 bridgehead atoms. The first kappa shape index (κ1) is 14.8. The second-order valence-electron chi connectivity index (χ2n) is 4.81. The van der Waals surface area contributed by atoms with E-state index in [1.807, 2.05) is 36.4 Å². The molecule has 0 spiro atoms. The van der Waals surface area contributed by atoms with E-state index in [9.17, 15) is 4.79 Å². The highest BCUT2D eigenvalue weighted by molar-refractivity contribution is 5.94. The van der Waals surface area contributed by atoms with Crippen molar-refractivity contribution in [3.8, 4) is 6.07 Å². The summed E-state index contributed by atoms with van der Waals surface area (Å²) in [7, 11) is 0. The van der Waals surface area contributed by atoms with Gasteiger partial charge in [-0.05, 0) is 42.7 Å². The molecular weight excluding hydrogens is 262 g/mol. The van der Waals surface area contributed by atoms with Crippen molar-refractivity contribution in [1.29, 1.82) is 5.26 Å². The number of anilines is 1. The van der Waals surface area contributed by atoms with Crippen LogP contribution in [-0.4, -0.2) is 11.9 Å². The lowest BCUT2D eigenvalue weighted by atomic mass is 10.1. The zero-order valence-corrected chi connectivity index (χ0v) is 11.6. The number of hydrogen-bond donors (Lipinski definition) is 2. The van der Waals surface area contributed by atoms with Gasteiger partial charge in [0.15, 0.2) is 0 Å². The molecule has 0 aromatic heterocycles. The SMILES string of the molecule is N#Cc1ccc(NC(=O)[C@@H](N)CCc2ccccc2)cc1. The molecule has 106 valence electrons. The summed E-state index contributed by atoms with van der Waals surface area (Å²) in [6.45, 7) is 0. The molecule has 0 fully saturated rings. The Morgan fingerprint density at radius 1 is 1.14 bits per heavy atom. The van der Waals surface area contributed by atoms with Crippen LogP contribution in [0.2, 0.25) is 0 Å². The highest BCUT2D eigenvalue weighted by Gasteiger charge is 2.13. The number of nitrogens with one attached hydrogen (secondary N) is 1. The second-order valence-corrected chi connectivity index (χ2v) is 4.81. The van der Waals surface area contributed by atoms with Gasteiger partial charge in [0.05, 0.1) is 17.7 Å². The summed E-state index contributed by atoms with van der Waals surface area (Å²) >= 11 is 0. The number of rotatable bonds is 5. The van der Waals surface area contributed by atoms with Crippen LogP contribution in [0.4, 0.5) is 5.69 Å². The molecule has 0 saturated carbocycles. The summed E-state index contributed by atoms with van der Waals surface area (Å²) in [5.41, 5.74) is 8.27. The highest BCUT2D eigenvalue weighted by Crippen LogP contribution is 2.10. The Morgan fingerprint density at radius 3 is 2.43 bits per heavy atom. The van der Waals surface area contributed by atoms with Crippen LogP contribution in [-0.2, 0) is 11.2 Å². The fraction of sp³-hybridized carbons (Fsp3) is 0.176.